The zero-order chi connectivity index (χ0) is 16.7. The van der Waals surface area contributed by atoms with Gasteiger partial charge in [0.25, 0.3) is 0 Å². The Morgan fingerprint density at radius 3 is 2.87 bits per heavy atom. The minimum Gasteiger partial charge on any atom is -0.367 e. The molecule has 1 aromatic carbocycles. The summed E-state index contributed by atoms with van der Waals surface area (Å²) in [4.78, 5) is 19.8. The van der Waals surface area contributed by atoms with Gasteiger partial charge in [-0.1, -0.05) is 17.7 Å². The van der Waals surface area contributed by atoms with Gasteiger partial charge in [-0.05, 0) is 24.6 Å². The Kier molecular flexibility index (Phi) is 6.10. The number of carbonyl (C=O) groups excluding carboxylic acids is 1. The standard InChI is InChI=1S/C15H17ClFN5O/c1-10(11-2-3-13(17)12(16)8-11)22-15(23)21-7-6-20-14-9-18-4-5-19-14/h2-5,8-10H,6-7H2,1H3,(H,19,20)(H2,21,22,23)/t10-/m0/s1. The number of amides is 2. The van der Waals surface area contributed by atoms with Crippen molar-refractivity contribution in [3.63, 3.8) is 0 Å². The van der Waals surface area contributed by atoms with Crippen LogP contribution in [0.25, 0.3) is 0 Å². The number of nitrogens with zero attached hydrogens (tertiary/aromatic N) is 2. The molecule has 0 bridgehead atoms. The summed E-state index contributed by atoms with van der Waals surface area (Å²) in [5.41, 5.74) is 0.726. The van der Waals surface area contributed by atoms with E-state index in [4.69, 9.17) is 11.6 Å². The molecule has 1 heterocycles. The maximum atomic E-state index is 13.1. The van der Waals surface area contributed by atoms with Gasteiger partial charge in [-0.25, -0.2) is 14.2 Å². The van der Waals surface area contributed by atoms with Crippen molar-refractivity contribution in [2.24, 2.45) is 0 Å². The molecule has 8 heteroatoms. The summed E-state index contributed by atoms with van der Waals surface area (Å²) in [7, 11) is 0. The van der Waals surface area contributed by atoms with Crippen LogP contribution in [-0.4, -0.2) is 29.1 Å². The van der Waals surface area contributed by atoms with Gasteiger partial charge in [0, 0.05) is 25.5 Å². The summed E-state index contributed by atoms with van der Waals surface area (Å²) in [6.45, 7) is 2.73. The van der Waals surface area contributed by atoms with Crippen molar-refractivity contribution in [2.45, 2.75) is 13.0 Å². The fourth-order valence-corrected chi connectivity index (χ4v) is 2.06. The topological polar surface area (TPSA) is 78.9 Å². The molecule has 0 aliphatic rings. The van der Waals surface area contributed by atoms with E-state index in [0.29, 0.717) is 18.9 Å². The normalized spacial score (nSPS) is 11.6. The summed E-state index contributed by atoms with van der Waals surface area (Å²) in [5, 5.41) is 8.52. The monoisotopic (exact) mass is 337 g/mol. The van der Waals surface area contributed by atoms with Gasteiger partial charge in [0.2, 0.25) is 0 Å². The van der Waals surface area contributed by atoms with Crippen molar-refractivity contribution >= 4 is 23.4 Å². The highest BCUT2D eigenvalue weighted by Crippen LogP contribution is 2.20. The average molecular weight is 338 g/mol. The molecule has 6 nitrogen and oxygen atoms in total. The molecule has 0 saturated carbocycles. The molecule has 0 aliphatic heterocycles. The Morgan fingerprint density at radius 2 is 2.17 bits per heavy atom. The molecule has 0 aliphatic carbocycles. The molecule has 0 saturated heterocycles. The number of anilines is 1. The Bertz CT molecular complexity index is 656. The summed E-state index contributed by atoms with van der Waals surface area (Å²) in [6.07, 6.45) is 4.76. The van der Waals surface area contributed by atoms with Crippen molar-refractivity contribution in [3.8, 4) is 0 Å². The van der Waals surface area contributed by atoms with Crippen molar-refractivity contribution < 1.29 is 9.18 Å². The molecule has 2 amide bonds. The molecule has 0 radical (unpaired) electrons. The lowest BCUT2D eigenvalue weighted by Gasteiger charge is -2.15. The second kappa shape index (κ2) is 8.28. The van der Waals surface area contributed by atoms with Crippen LogP contribution in [0.4, 0.5) is 15.0 Å². The van der Waals surface area contributed by atoms with Crippen LogP contribution in [0.15, 0.2) is 36.8 Å². The Hall–Kier alpha value is -2.41. The third kappa shape index (κ3) is 5.37. The van der Waals surface area contributed by atoms with Crippen LogP contribution in [0, 0.1) is 5.82 Å². The summed E-state index contributed by atoms with van der Waals surface area (Å²) in [5.74, 6) is 0.159. The number of halogens is 2. The third-order valence-corrected chi connectivity index (χ3v) is 3.36. The van der Waals surface area contributed by atoms with Crippen molar-refractivity contribution in [3.05, 3.63) is 53.2 Å². The second-order valence-corrected chi connectivity index (χ2v) is 5.22. The number of nitrogens with one attached hydrogen (secondary N) is 3. The predicted octanol–water partition coefficient (Wildman–Crippen LogP) is 2.74. The number of benzene rings is 1. The minimum absolute atomic E-state index is 0.0322. The highest BCUT2D eigenvalue weighted by atomic mass is 35.5. The number of urea groups is 1. The molecular weight excluding hydrogens is 321 g/mol. The van der Waals surface area contributed by atoms with Crippen LogP contribution in [0.2, 0.25) is 5.02 Å². The van der Waals surface area contributed by atoms with Crippen molar-refractivity contribution in [1.29, 1.82) is 0 Å². The first-order valence-corrected chi connectivity index (χ1v) is 7.43. The van der Waals surface area contributed by atoms with E-state index in [0.717, 1.165) is 5.56 Å². The number of hydrogen-bond donors (Lipinski definition) is 3. The molecule has 0 unspecified atom stereocenters. The van der Waals surface area contributed by atoms with Crippen LogP contribution in [0.1, 0.15) is 18.5 Å². The molecule has 122 valence electrons. The smallest absolute Gasteiger partial charge is 0.315 e. The Morgan fingerprint density at radius 1 is 1.35 bits per heavy atom. The van der Waals surface area contributed by atoms with E-state index >= 15 is 0 Å². The zero-order valence-corrected chi connectivity index (χ0v) is 13.3. The quantitative estimate of drug-likeness (QED) is 0.708. The average Bonchev–Trinajstić information content (AvgIpc) is 2.55. The van der Waals surface area contributed by atoms with Gasteiger partial charge in [-0.3, -0.25) is 4.98 Å². The van der Waals surface area contributed by atoms with Crippen LogP contribution in [-0.2, 0) is 0 Å². The number of rotatable bonds is 6. The van der Waals surface area contributed by atoms with Gasteiger partial charge < -0.3 is 16.0 Å². The molecule has 2 aromatic rings. The van der Waals surface area contributed by atoms with Crippen LogP contribution in [0.3, 0.4) is 0 Å². The molecule has 0 fully saturated rings. The molecule has 3 N–H and O–H groups in total. The van der Waals surface area contributed by atoms with E-state index in [1.165, 1.54) is 12.1 Å². The maximum Gasteiger partial charge on any atom is 0.315 e. The lowest BCUT2D eigenvalue weighted by Crippen LogP contribution is -2.39. The van der Waals surface area contributed by atoms with Crippen molar-refractivity contribution in [2.75, 3.05) is 18.4 Å². The van der Waals surface area contributed by atoms with Gasteiger partial charge >= 0.3 is 6.03 Å². The summed E-state index contributed by atoms with van der Waals surface area (Å²) < 4.78 is 13.1. The van der Waals surface area contributed by atoms with E-state index in [9.17, 15) is 9.18 Å². The lowest BCUT2D eigenvalue weighted by atomic mass is 10.1. The van der Waals surface area contributed by atoms with Gasteiger partial charge in [0.05, 0.1) is 17.3 Å². The third-order valence-electron chi connectivity index (χ3n) is 3.07. The van der Waals surface area contributed by atoms with Crippen LogP contribution >= 0.6 is 11.6 Å². The first-order valence-electron chi connectivity index (χ1n) is 7.05. The number of carbonyl (C=O) groups is 1. The fraction of sp³-hybridized carbons (Fsp3) is 0.267. The highest BCUT2D eigenvalue weighted by Gasteiger charge is 2.11. The van der Waals surface area contributed by atoms with Crippen molar-refractivity contribution in [1.82, 2.24) is 20.6 Å². The van der Waals surface area contributed by atoms with Crippen LogP contribution in [0.5, 0.6) is 0 Å². The summed E-state index contributed by atoms with van der Waals surface area (Å²) >= 11 is 5.73. The van der Waals surface area contributed by atoms with Gasteiger partial charge in [0.15, 0.2) is 0 Å². The first-order chi connectivity index (χ1) is 11.1. The van der Waals surface area contributed by atoms with Gasteiger partial charge in [-0.2, -0.15) is 0 Å². The molecule has 1 atom stereocenters. The van der Waals surface area contributed by atoms with E-state index in [1.807, 2.05) is 0 Å². The van der Waals surface area contributed by atoms with Crippen LogP contribution < -0.4 is 16.0 Å². The second-order valence-electron chi connectivity index (χ2n) is 4.81. The molecule has 1 aromatic heterocycles. The summed E-state index contributed by atoms with van der Waals surface area (Å²) in [6, 6.07) is 3.75. The largest absolute Gasteiger partial charge is 0.367 e. The zero-order valence-electron chi connectivity index (χ0n) is 12.5. The molecule has 2 rings (SSSR count). The van der Waals surface area contributed by atoms with E-state index in [2.05, 4.69) is 25.9 Å². The molecule has 23 heavy (non-hydrogen) atoms. The SMILES string of the molecule is C[C@H](NC(=O)NCCNc1cnccn1)c1ccc(F)c(Cl)c1. The minimum atomic E-state index is -0.484. The van der Waals surface area contributed by atoms with E-state index in [1.54, 1.807) is 31.6 Å². The first kappa shape index (κ1) is 17.0. The Balaban J connectivity index is 1.72. The fourth-order valence-electron chi connectivity index (χ4n) is 1.87. The maximum absolute atomic E-state index is 13.1. The van der Waals surface area contributed by atoms with Gasteiger partial charge in [-0.15, -0.1) is 0 Å². The van der Waals surface area contributed by atoms with Gasteiger partial charge in [0.1, 0.15) is 11.6 Å². The highest BCUT2D eigenvalue weighted by molar-refractivity contribution is 6.30. The molecular formula is C15H17ClFN5O. The number of hydrogen-bond acceptors (Lipinski definition) is 4. The van der Waals surface area contributed by atoms with E-state index < -0.39 is 5.82 Å². The predicted molar refractivity (Wildman–Crippen MR) is 86.9 cm³/mol. The Labute approximate surface area is 138 Å². The van der Waals surface area contributed by atoms with E-state index in [-0.39, 0.29) is 17.1 Å². The molecule has 0 spiro atoms. The number of aromatic nitrogens is 2. The lowest BCUT2D eigenvalue weighted by molar-refractivity contribution is 0.238.